The molecule has 0 heterocycles. The molecule has 0 aliphatic heterocycles. The van der Waals surface area contributed by atoms with Gasteiger partial charge in [0.2, 0.25) is 0 Å². The molecule has 0 aliphatic carbocycles. The van der Waals surface area contributed by atoms with E-state index >= 15 is 0 Å². The zero-order valence-corrected chi connectivity index (χ0v) is 7.58. The summed E-state index contributed by atoms with van der Waals surface area (Å²) >= 11 is 6.77. The topological polar surface area (TPSA) is 12.0 Å². The van der Waals surface area contributed by atoms with Crippen molar-refractivity contribution < 1.29 is 0 Å². The highest BCUT2D eigenvalue weighted by atomic mass is 79.9. The van der Waals surface area contributed by atoms with Crippen LogP contribution in [0, 0.1) is 0 Å². The molecule has 0 saturated carbocycles. The molecular formula is C4H9Br2N. The fraction of sp³-hybridized carbons (Fsp3) is 1.00. The second-order valence-electron chi connectivity index (χ2n) is 1.37. The first kappa shape index (κ1) is 7.92. The third kappa shape index (κ3) is 3.50. The van der Waals surface area contributed by atoms with Crippen LogP contribution in [-0.4, -0.2) is 16.8 Å². The molecule has 1 N–H and O–H groups in total. The molecule has 0 aromatic carbocycles. The summed E-state index contributed by atoms with van der Waals surface area (Å²) in [6, 6.07) is 0. The maximum absolute atomic E-state index is 3.39. The Bertz CT molecular complexity index is 47.0. The number of hydrogen-bond donors (Lipinski definition) is 1. The van der Waals surface area contributed by atoms with E-state index < -0.39 is 0 Å². The molecule has 0 rings (SSSR count). The van der Waals surface area contributed by atoms with Gasteiger partial charge in [-0.05, 0) is 7.05 Å². The van der Waals surface area contributed by atoms with Gasteiger partial charge in [-0.3, -0.25) is 0 Å². The summed E-state index contributed by atoms with van der Waals surface area (Å²) in [7, 11) is 1.91. The first-order chi connectivity index (χ1) is 3.18. The number of rotatable bonds is 2. The molecule has 44 valence electrons. The predicted molar refractivity (Wildman–Crippen MR) is 40.2 cm³/mol. The average Bonchev–Trinajstić information content (AvgIpc) is 1.65. The highest BCUT2D eigenvalue weighted by Gasteiger charge is 2.04. The Balaban J connectivity index is 3.14. The van der Waals surface area contributed by atoms with E-state index in [1.807, 2.05) is 7.05 Å². The normalized spacial score (nSPS) is 18.9. The van der Waals surface area contributed by atoms with Gasteiger partial charge in [-0.1, -0.05) is 38.8 Å². The van der Waals surface area contributed by atoms with Gasteiger partial charge in [0.05, 0.1) is 4.95 Å². The fourth-order valence-electron chi connectivity index (χ4n) is 0.230. The molecule has 0 fully saturated rings. The van der Waals surface area contributed by atoms with Crippen molar-refractivity contribution in [2.24, 2.45) is 0 Å². The largest absolute Gasteiger partial charge is 0.307 e. The standard InChI is InChI=1S/C4H9Br2N/c1-3(5)4(6)7-2/h3-4,7H,1-2H3/t3-,4?/m0/s1. The molecule has 0 aromatic rings. The van der Waals surface area contributed by atoms with Crippen LogP contribution in [-0.2, 0) is 0 Å². The van der Waals surface area contributed by atoms with E-state index in [4.69, 9.17) is 0 Å². The zero-order chi connectivity index (χ0) is 5.86. The number of alkyl halides is 2. The summed E-state index contributed by atoms with van der Waals surface area (Å²) in [5.41, 5.74) is 0. The van der Waals surface area contributed by atoms with Gasteiger partial charge in [-0.2, -0.15) is 0 Å². The van der Waals surface area contributed by atoms with Crippen LogP contribution in [0.2, 0.25) is 0 Å². The van der Waals surface area contributed by atoms with Gasteiger partial charge in [-0.15, -0.1) is 0 Å². The zero-order valence-electron chi connectivity index (χ0n) is 4.41. The van der Waals surface area contributed by atoms with Crippen molar-refractivity contribution in [2.75, 3.05) is 7.05 Å². The molecule has 0 saturated heterocycles. The van der Waals surface area contributed by atoms with Crippen LogP contribution < -0.4 is 5.32 Å². The Morgan fingerprint density at radius 2 is 1.86 bits per heavy atom. The van der Waals surface area contributed by atoms with Gasteiger partial charge in [0, 0.05) is 4.83 Å². The van der Waals surface area contributed by atoms with Gasteiger partial charge in [0.1, 0.15) is 0 Å². The molecule has 0 spiro atoms. The van der Waals surface area contributed by atoms with Crippen molar-refractivity contribution in [2.45, 2.75) is 16.7 Å². The second-order valence-corrected chi connectivity index (χ2v) is 3.80. The second kappa shape index (κ2) is 3.87. The van der Waals surface area contributed by atoms with Gasteiger partial charge < -0.3 is 5.32 Å². The van der Waals surface area contributed by atoms with Crippen molar-refractivity contribution in [1.29, 1.82) is 0 Å². The van der Waals surface area contributed by atoms with Crippen LogP contribution in [0.15, 0.2) is 0 Å². The summed E-state index contributed by atoms with van der Waals surface area (Å²) in [4.78, 5) is 0.866. The Morgan fingerprint density at radius 1 is 1.43 bits per heavy atom. The van der Waals surface area contributed by atoms with Crippen molar-refractivity contribution >= 4 is 31.9 Å². The molecule has 1 nitrogen and oxygen atoms in total. The van der Waals surface area contributed by atoms with E-state index in [1.54, 1.807) is 0 Å². The van der Waals surface area contributed by atoms with E-state index in [0.29, 0.717) is 9.78 Å². The third-order valence-electron chi connectivity index (χ3n) is 0.679. The minimum Gasteiger partial charge on any atom is -0.307 e. The lowest BCUT2D eigenvalue weighted by Gasteiger charge is -2.08. The molecule has 2 atom stereocenters. The Labute approximate surface area is 61.1 Å². The third-order valence-corrected chi connectivity index (χ3v) is 3.17. The van der Waals surface area contributed by atoms with E-state index in [2.05, 4.69) is 44.1 Å². The van der Waals surface area contributed by atoms with E-state index in [1.165, 1.54) is 0 Å². The van der Waals surface area contributed by atoms with Crippen LogP contribution in [0.3, 0.4) is 0 Å². The maximum atomic E-state index is 3.39. The van der Waals surface area contributed by atoms with Crippen LogP contribution in [0.25, 0.3) is 0 Å². The molecule has 0 amide bonds. The first-order valence-electron chi connectivity index (χ1n) is 2.14. The van der Waals surface area contributed by atoms with E-state index in [9.17, 15) is 0 Å². The highest BCUT2D eigenvalue weighted by molar-refractivity contribution is 9.12. The average molecular weight is 231 g/mol. The monoisotopic (exact) mass is 229 g/mol. The summed E-state index contributed by atoms with van der Waals surface area (Å²) in [5.74, 6) is 0. The van der Waals surface area contributed by atoms with Gasteiger partial charge in [0.15, 0.2) is 0 Å². The smallest absolute Gasteiger partial charge is 0.0752 e. The summed E-state index contributed by atoms with van der Waals surface area (Å²) in [5, 5.41) is 3.03. The molecule has 0 aliphatic rings. The molecule has 3 heteroatoms. The van der Waals surface area contributed by atoms with Crippen molar-refractivity contribution in [3.05, 3.63) is 0 Å². The van der Waals surface area contributed by atoms with Gasteiger partial charge in [-0.25, -0.2) is 0 Å². The van der Waals surface area contributed by atoms with Crippen molar-refractivity contribution in [3.63, 3.8) is 0 Å². The van der Waals surface area contributed by atoms with Gasteiger partial charge in [0.25, 0.3) is 0 Å². The Morgan fingerprint density at radius 3 is 1.86 bits per heavy atom. The first-order valence-corrected chi connectivity index (χ1v) is 3.97. The van der Waals surface area contributed by atoms with Crippen LogP contribution in [0.4, 0.5) is 0 Å². The summed E-state index contributed by atoms with van der Waals surface area (Å²) in [6.07, 6.45) is 0. The summed E-state index contributed by atoms with van der Waals surface area (Å²) in [6.45, 7) is 2.08. The SMILES string of the molecule is CNC(Br)[C@H](C)Br. The van der Waals surface area contributed by atoms with Crippen molar-refractivity contribution in [1.82, 2.24) is 5.32 Å². The number of halogens is 2. The molecule has 0 radical (unpaired) electrons. The van der Waals surface area contributed by atoms with Gasteiger partial charge >= 0.3 is 0 Å². The lowest BCUT2D eigenvalue weighted by molar-refractivity contribution is 0.751. The lowest BCUT2D eigenvalue weighted by Crippen LogP contribution is -2.25. The fourth-order valence-corrected chi connectivity index (χ4v) is 0.494. The molecule has 0 aromatic heterocycles. The Kier molecular flexibility index (Phi) is 4.37. The lowest BCUT2D eigenvalue weighted by atomic mass is 10.5. The number of hydrogen-bond acceptors (Lipinski definition) is 1. The van der Waals surface area contributed by atoms with Crippen molar-refractivity contribution in [3.8, 4) is 0 Å². The van der Waals surface area contributed by atoms with Crippen LogP contribution >= 0.6 is 31.9 Å². The van der Waals surface area contributed by atoms with Crippen LogP contribution in [0.5, 0.6) is 0 Å². The summed E-state index contributed by atoms with van der Waals surface area (Å²) < 4.78 is 0. The minimum atomic E-state index is 0.382. The molecule has 0 bridgehead atoms. The van der Waals surface area contributed by atoms with Crippen LogP contribution in [0.1, 0.15) is 6.92 Å². The maximum Gasteiger partial charge on any atom is 0.0752 e. The highest BCUT2D eigenvalue weighted by Crippen LogP contribution is 2.08. The number of nitrogens with one attached hydrogen (secondary N) is 1. The molecule has 1 unspecified atom stereocenters. The van der Waals surface area contributed by atoms with E-state index in [0.717, 1.165) is 0 Å². The minimum absolute atomic E-state index is 0.382. The predicted octanol–water partition coefficient (Wildman–Crippen LogP) is 1.71. The molecule has 7 heavy (non-hydrogen) atoms. The Hall–Kier alpha value is 0.920. The quantitative estimate of drug-likeness (QED) is 0.563. The van der Waals surface area contributed by atoms with E-state index in [-0.39, 0.29) is 0 Å². The molecular weight excluding hydrogens is 222 g/mol.